The SMILES string of the molecule is O=C(N1CCN(c2ccccn2)CC1)C1(c2ccccc2)CCOCC1. The summed E-state index contributed by atoms with van der Waals surface area (Å²) >= 11 is 0. The number of anilines is 1. The smallest absolute Gasteiger partial charge is 0.233 e. The number of carbonyl (C=O) groups is 1. The maximum atomic E-state index is 13.6. The molecule has 0 bridgehead atoms. The Morgan fingerprint density at radius 2 is 1.62 bits per heavy atom. The first-order valence-electron chi connectivity index (χ1n) is 9.38. The Morgan fingerprint density at radius 1 is 0.923 bits per heavy atom. The molecule has 0 atom stereocenters. The van der Waals surface area contributed by atoms with Crippen molar-refractivity contribution in [2.24, 2.45) is 0 Å². The van der Waals surface area contributed by atoms with Gasteiger partial charge in [0.2, 0.25) is 5.91 Å². The first-order valence-corrected chi connectivity index (χ1v) is 9.38. The van der Waals surface area contributed by atoms with Crippen LogP contribution in [0.25, 0.3) is 0 Å². The number of benzene rings is 1. The van der Waals surface area contributed by atoms with Gasteiger partial charge in [-0.1, -0.05) is 36.4 Å². The number of piperazine rings is 1. The van der Waals surface area contributed by atoms with Gasteiger partial charge in [-0.25, -0.2) is 4.98 Å². The summed E-state index contributed by atoms with van der Waals surface area (Å²) in [5, 5.41) is 0. The molecular formula is C21H25N3O2. The summed E-state index contributed by atoms with van der Waals surface area (Å²) in [6, 6.07) is 16.2. The zero-order valence-corrected chi connectivity index (χ0v) is 15.0. The van der Waals surface area contributed by atoms with Gasteiger partial charge in [-0.3, -0.25) is 4.79 Å². The normalized spacial score (nSPS) is 20.0. The minimum Gasteiger partial charge on any atom is -0.381 e. The topological polar surface area (TPSA) is 45.7 Å². The fourth-order valence-corrected chi connectivity index (χ4v) is 4.09. The third kappa shape index (κ3) is 3.19. The van der Waals surface area contributed by atoms with Crippen LogP contribution in [0.3, 0.4) is 0 Å². The largest absolute Gasteiger partial charge is 0.381 e. The molecule has 2 aromatic rings. The van der Waals surface area contributed by atoms with Crippen molar-refractivity contribution in [3.8, 4) is 0 Å². The fourth-order valence-electron chi connectivity index (χ4n) is 4.09. The molecule has 4 rings (SSSR count). The van der Waals surface area contributed by atoms with E-state index in [1.807, 2.05) is 47.5 Å². The lowest BCUT2D eigenvalue weighted by atomic mass is 9.73. The summed E-state index contributed by atoms with van der Waals surface area (Å²) in [4.78, 5) is 22.3. The molecular weight excluding hydrogens is 326 g/mol. The molecule has 26 heavy (non-hydrogen) atoms. The van der Waals surface area contributed by atoms with Gasteiger partial charge >= 0.3 is 0 Å². The van der Waals surface area contributed by atoms with Crippen molar-refractivity contribution in [2.75, 3.05) is 44.3 Å². The Morgan fingerprint density at radius 3 is 2.27 bits per heavy atom. The molecule has 0 unspecified atom stereocenters. The lowest BCUT2D eigenvalue weighted by Crippen LogP contribution is -2.56. The van der Waals surface area contributed by atoms with Crippen LogP contribution >= 0.6 is 0 Å². The summed E-state index contributed by atoms with van der Waals surface area (Å²) in [5.74, 6) is 1.25. The van der Waals surface area contributed by atoms with Crippen LogP contribution in [0, 0.1) is 0 Å². The summed E-state index contributed by atoms with van der Waals surface area (Å²) in [6.07, 6.45) is 3.34. The monoisotopic (exact) mass is 351 g/mol. The summed E-state index contributed by atoms with van der Waals surface area (Å²) in [7, 11) is 0. The maximum Gasteiger partial charge on any atom is 0.233 e. The highest BCUT2D eigenvalue weighted by Gasteiger charge is 2.44. The summed E-state index contributed by atoms with van der Waals surface area (Å²) in [6.45, 7) is 4.42. The molecule has 3 heterocycles. The van der Waals surface area contributed by atoms with E-state index in [0.29, 0.717) is 13.2 Å². The Balaban J connectivity index is 1.51. The molecule has 1 amide bonds. The molecule has 5 heteroatoms. The molecule has 136 valence electrons. The first kappa shape index (κ1) is 17.0. The third-order valence-corrected chi connectivity index (χ3v) is 5.62. The number of nitrogens with zero attached hydrogens (tertiary/aromatic N) is 3. The number of ether oxygens (including phenoxy) is 1. The molecule has 1 aromatic heterocycles. The average molecular weight is 351 g/mol. The van der Waals surface area contributed by atoms with E-state index < -0.39 is 5.41 Å². The Bertz CT molecular complexity index is 721. The number of pyridine rings is 1. The van der Waals surface area contributed by atoms with E-state index in [2.05, 4.69) is 22.0 Å². The predicted molar refractivity (Wildman–Crippen MR) is 101 cm³/mol. The molecule has 2 fully saturated rings. The molecule has 0 aliphatic carbocycles. The van der Waals surface area contributed by atoms with Gasteiger partial charge in [0.1, 0.15) is 5.82 Å². The number of aromatic nitrogens is 1. The van der Waals surface area contributed by atoms with Crippen LogP contribution in [-0.4, -0.2) is 55.2 Å². The number of rotatable bonds is 3. The van der Waals surface area contributed by atoms with Crippen molar-refractivity contribution in [2.45, 2.75) is 18.3 Å². The zero-order valence-electron chi connectivity index (χ0n) is 15.0. The van der Waals surface area contributed by atoms with E-state index in [1.54, 1.807) is 0 Å². The van der Waals surface area contributed by atoms with Crippen LogP contribution in [0.4, 0.5) is 5.82 Å². The highest BCUT2D eigenvalue weighted by Crippen LogP contribution is 2.37. The molecule has 0 radical (unpaired) electrons. The van der Waals surface area contributed by atoms with E-state index >= 15 is 0 Å². The van der Waals surface area contributed by atoms with Crippen LogP contribution in [0.1, 0.15) is 18.4 Å². The molecule has 0 saturated carbocycles. The predicted octanol–water partition coefficient (Wildman–Crippen LogP) is 2.48. The number of carbonyl (C=O) groups excluding carboxylic acids is 1. The third-order valence-electron chi connectivity index (χ3n) is 5.62. The minimum atomic E-state index is -0.438. The summed E-state index contributed by atoms with van der Waals surface area (Å²) < 4.78 is 5.57. The van der Waals surface area contributed by atoms with E-state index in [0.717, 1.165) is 50.4 Å². The van der Waals surface area contributed by atoms with Gasteiger partial charge in [-0.05, 0) is 30.5 Å². The van der Waals surface area contributed by atoms with Crippen LogP contribution in [0.15, 0.2) is 54.7 Å². The van der Waals surface area contributed by atoms with Crippen molar-refractivity contribution in [1.82, 2.24) is 9.88 Å². The average Bonchev–Trinajstić information content (AvgIpc) is 2.75. The first-order chi connectivity index (χ1) is 12.8. The highest BCUT2D eigenvalue weighted by molar-refractivity contribution is 5.88. The second kappa shape index (κ2) is 7.46. The van der Waals surface area contributed by atoms with Gasteiger partial charge in [-0.15, -0.1) is 0 Å². The van der Waals surface area contributed by atoms with Gasteiger partial charge in [0.05, 0.1) is 5.41 Å². The lowest BCUT2D eigenvalue weighted by Gasteiger charge is -2.43. The minimum absolute atomic E-state index is 0.257. The van der Waals surface area contributed by atoms with Crippen molar-refractivity contribution < 1.29 is 9.53 Å². The second-order valence-corrected chi connectivity index (χ2v) is 7.03. The Labute approximate surface area is 154 Å². The highest BCUT2D eigenvalue weighted by atomic mass is 16.5. The van der Waals surface area contributed by atoms with Crippen molar-refractivity contribution in [1.29, 1.82) is 0 Å². The molecule has 0 spiro atoms. The zero-order chi connectivity index (χ0) is 17.8. The second-order valence-electron chi connectivity index (χ2n) is 7.03. The Kier molecular flexibility index (Phi) is 4.89. The molecule has 2 saturated heterocycles. The number of hydrogen-bond donors (Lipinski definition) is 0. The van der Waals surface area contributed by atoms with Gasteiger partial charge in [0, 0.05) is 45.6 Å². The summed E-state index contributed by atoms with van der Waals surface area (Å²) in [5.41, 5.74) is 0.688. The molecule has 5 nitrogen and oxygen atoms in total. The fraction of sp³-hybridized carbons (Fsp3) is 0.429. The van der Waals surface area contributed by atoms with Gasteiger partial charge in [0.15, 0.2) is 0 Å². The van der Waals surface area contributed by atoms with Crippen LogP contribution in [0.5, 0.6) is 0 Å². The molecule has 2 aliphatic rings. The quantitative estimate of drug-likeness (QED) is 0.852. The standard InChI is InChI=1S/C21H25N3O2/c25-20(21(9-16-26-17-10-21)18-6-2-1-3-7-18)24-14-12-23(13-15-24)19-8-4-5-11-22-19/h1-8,11H,9-10,12-17H2. The van der Waals surface area contributed by atoms with E-state index in [1.165, 1.54) is 0 Å². The van der Waals surface area contributed by atoms with Crippen molar-refractivity contribution in [3.05, 3.63) is 60.3 Å². The van der Waals surface area contributed by atoms with Gasteiger partial charge in [-0.2, -0.15) is 0 Å². The van der Waals surface area contributed by atoms with Crippen molar-refractivity contribution >= 4 is 11.7 Å². The molecule has 1 aromatic carbocycles. The maximum absolute atomic E-state index is 13.6. The van der Waals surface area contributed by atoms with Crippen LogP contribution in [-0.2, 0) is 14.9 Å². The Hall–Kier alpha value is -2.40. The van der Waals surface area contributed by atoms with Crippen molar-refractivity contribution in [3.63, 3.8) is 0 Å². The van der Waals surface area contributed by atoms with E-state index in [9.17, 15) is 4.79 Å². The van der Waals surface area contributed by atoms with Gasteiger partial charge in [0.25, 0.3) is 0 Å². The lowest BCUT2D eigenvalue weighted by molar-refractivity contribution is -0.141. The molecule has 2 aliphatic heterocycles. The van der Waals surface area contributed by atoms with E-state index in [4.69, 9.17) is 4.74 Å². The van der Waals surface area contributed by atoms with E-state index in [-0.39, 0.29) is 5.91 Å². The van der Waals surface area contributed by atoms with Crippen LogP contribution in [0.2, 0.25) is 0 Å². The van der Waals surface area contributed by atoms with Gasteiger partial charge < -0.3 is 14.5 Å². The molecule has 0 N–H and O–H groups in total. The number of hydrogen-bond acceptors (Lipinski definition) is 4. The number of amides is 1. The van der Waals surface area contributed by atoms with Crippen LogP contribution < -0.4 is 4.90 Å².